The predicted octanol–water partition coefficient (Wildman–Crippen LogP) is 3.05. The SMILES string of the molecule is C=C[C@H]1C[C@@]1(NC(=O)OC(C)(C)C)C(=O)OCC.CC. The fraction of sp³-hybridized carbons (Fsp3) is 0.733. The lowest BCUT2D eigenvalue weighted by molar-refractivity contribution is -0.147. The number of ether oxygens (including phenoxy) is 2. The van der Waals surface area contributed by atoms with Crippen molar-refractivity contribution < 1.29 is 19.1 Å². The van der Waals surface area contributed by atoms with Crippen LogP contribution >= 0.6 is 0 Å². The Bertz CT molecular complexity index is 359. The van der Waals surface area contributed by atoms with Crippen LogP contribution in [0.5, 0.6) is 0 Å². The van der Waals surface area contributed by atoms with Crippen molar-refractivity contribution in [1.82, 2.24) is 5.32 Å². The highest BCUT2D eigenvalue weighted by Gasteiger charge is 2.61. The molecule has 5 nitrogen and oxygen atoms in total. The Morgan fingerprint density at radius 2 is 1.95 bits per heavy atom. The molecule has 1 amide bonds. The van der Waals surface area contributed by atoms with E-state index < -0.39 is 23.2 Å². The number of carbonyl (C=O) groups is 2. The molecule has 1 rings (SSSR count). The van der Waals surface area contributed by atoms with Gasteiger partial charge in [0, 0.05) is 5.92 Å². The molecule has 0 aromatic rings. The smallest absolute Gasteiger partial charge is 0.408 e. The largest absolute Gasteiger partial charge is 0.464 e. The molecular formula is C15H27NO4. The Balaban J connectivity index is 0.00000172. The monoisotopic (exact) mass is 285 g/mol. The minimum Gasteiger partial charge on any atom is -0.464 e. The average molecular weight is 285 g/mol. The molecule has 0 heterocycles. The Kier molecular flexibility index (Phi) is 6.76. The number of alkyl carbamates (subject to hydrolysis) is 1. The van der Waals surface area contributed by atoms with Crippen LogP contribution in [0.25, 0.3) is 0 Å². The van der Waals surface area contributed by atoms with Crippen molar-refractivity contribution >= 4 is 12.1 Å². The number of hydrogen-bond acceptors (Lipinski definition) is 4. The zero-order valence-electron chi connectivity index (χ0n) is 13.4. The highest BCUT2D eigenvalue weighted by Crippen LogP contribution is 2.45. The van der Waals surface area contributed by atoms with Gasteiger partial charge in [0.1, 0.15) is 11.1 Å². The van der Waals surface area contributed by atoms with Gasteiger partial charge in [-0.3, -0.25) is 0 Å². The van der Waals surface area contributed by atoms with Crippen LogP contribution in [0.15, 0.2) is 12.7 Å². The lowest BCUT2D eigenvalue weighted by Crippen LogP contribution is -2.47. The van der Waals surface area contributed by atoms with E-state index in [1.807, 2.05) is 13.8 Å². The van der Waals surface area contributed by atoms with Crippen molar-refractivity contribution in [2.75, 3.05) is 6.61 Å². The van der Waals surface area contributed by atoms with Crippen molar-refractivity contribution in [3.05, 3.63) is 12.7 Å². The van der Waals surface area contributed by atoms with Gasteiger partial charge in [-0.2, -0.15) is 0 Å². The Morgan fingerprint density at radius 3 is 2.30 bits per heavy atom. The fourth-order valence-corrected chi connectivity index (χ4v) is 1.75. The topological polar surface area (TPSA) is 64.6 Å². The van der Waals surface area contributed by atoms with Gasteiger partial charge in [-0.05, 0) is 34.1 Å². The molecule has 0 saturated heterocycles. The van der Waals surface area contributed by atoms with Gasteiger partial charge in [0.15, 0.2) is 0 Å². The molecule has 20 heavy (non-hydrogen) atoms. The van der Waals surface area contributed by atoms with Crippen molar-refractivity contribution in [3.63, 3.8) is 0 Å². The van der Waals surface area contributed by atoms with Crippen molar-refractivity contribution in [2.45, 2.75) is 59.1 Å². The molecule has 1 saturated carbocycles. The molecule has 5 heteroatoms. The van der Waals surface area contributed by atoms with Crippen LogP contribution in [0, 0.1) is 5.92 Å². The number of amides is 1. The van der Waals surface area contributed by atoms with Gasteiger partial charge in [-0.1, -0.05) is 19.9 Å². The first-order chi connectivity index (χ1) is 9.25. The highest BCUT2D eigenvalue weighted by atomic mass is 16.6. The lowest BCUT2D eigenvalue weighted by atomic mass is 10.2. The molecule has 2 atom stereocenters. The summed E-state index contributed by atoms with van der Waals surface area (Å²) in [5, 5.41) is 2.60. The van der Waals surface area contributed by atoms with E-state index in [1.54, 1.807) is 33.8 Å². The van der Waals surface area contributed by atoms with Gasteiger partial charge in [0.25, 0.3) is 0 Å². The average Bonchev–Trinajstić information content (AvgIpc) is 3.04. The van der Waals surface area contributed by atoms with E-state index in [0.29, 0.717) is 6.42 Å². The van der Waals surface area contributed by atoms with E-state index in [2.05, 4.69) is 11.9 Å². The first-order valence-corrected chi connectivity index (χ1v) is 7.06. The van der Waals surface area contributed by atoms with E-state index >= 15 is 0 Å². The minimum atomic E-state index is -0.986. The van der Waals surface area contributed by atoms with Crippen molar-refractivity contribution in [1.29, 1.82) is 0 Å². The summed E-state index contributed by atoms with van der Waals surface area (Å²) < 4.78 is 10.1. The number of rotatable bonds is 4. The van der Waals surface area contributed by atoms with E-state index in [1.165, 1.54) is 0 Å². The summed E-state index contributed by atoms with van der Waals surface area (Å²) in [6.45, 7) is 14.9. The van der Waals surface area contributed by atoms with Crippen LogP contribution < -0.4 is 5.32 Å². The predicted molar refractivity (Wildman–Crippen MR) is 78.4 cm³/mol. The Labute approximate surface area is 121 Å². The molecule has 0 aliphatic heterocycles. The molecule has 0 unspecified atom stereocenters. The maximum atomic E-state index is 11.9. The molecule has 1 N–H and O–H groups in total. The molecule has 0 bridgehead atoms. The lowest BCUT2D eigenvalue weighted by Gasteiger charge is -2.23. The normalized spacial score (nSPS) is 23.8. The second kappa shape index (κ2) is 7.31. The molecule has 1 aliphatic rings. The Hall–Kier alpha value is -1.52. The zero-order chi connectivity index (χ0) is 16.0. The standard InChI is InChI=1S/C13H21NO4.C2H6/c1-6-9-8-13(9,10(15)17-7-2)14-11(16)18-12(3,4)5;1-2/h6,9H,1,7-8H2,2-5H3,(H,14,16);1-2H3/t9-,13-;/m0./s1. The van der Waals surface area contributed by atoms with Gasteiger partial charge < -0.3 is 14.8 Å². The minimum absolute atomic E-state index is 0.0935. The molecule has 0 aromatic carbocycles. The van der Waals surface area contributed by atoms with Crippen molar-refractivity contribution in [2.24, 2.45) is 5.92 Å². The first kappa shape index (κ1) is 18.5. The van der Waals surface area contributed by atoms with Gasteiger partial charge in [0.2, 0.25) is 0 Å². The van der Waals surface area contributed by atoms with E-state index in [0.717, 1.165) is 0 Å². The van der Waals surface area contributed by atoms with Gasteiger partial charge in [-0.25, -0.2) is 9.59 Å². The van der Waals surface area contributed by atoms with E-state index in [-0.39, 0.29) is 12.5 Å². The molecule has 0 aromatic heterocycles. The van der Waals surface area contributed by atoms with Crippen LogP contribution in [0.1, 0.15) is 48.0 Å². The van der Waals surface area contributed by atoms with Gasteiger partial charge >= 0.3 is 12.1 Å². The summed E-state index contributed by atoms with van der Waals surface area (Å²) in [7, 11) is 0. The third kappa shape index (κ3) is 4.87. The molecular weight excluding hydrogens is 258 g/mol. The van der Waals surface area contributed by atoms with Crippen LogP contribution in [0.2, 0.25) is 0 Å². The molecule has 1 fully saturated rings. The number of hydrogen-bond donors (Lipinski definition) is 1. The quantitative estimate of drug-likeness (QED) is 0.637. The van der Waals surface area contributed by atoms with Gasteiger partial charge in [-0.15, -0.1) is 6.58 Å². The number of carbonyl (C=O) groups excluding carboxylic acids is 2. The number of esters is 1. The van der Waals surface area contributed by atoms with E-state index in [4.69, 9.17) is 9.47 Å². The molecule has 116 valence electrons. The highest BCUT2D eigenvalue weighted by molar-refractivity contribution is 5.90. The first-order valence-electron chi connectivity index (χ1n) is 7.06. The fourth-order valence-electron chi connectivity index (χ4n) is 1.75. The zero-order valence-corrected chi connectivity index (χ0v) is 13.4. The maximum absolute atomic E-state index is 11.9. The summed E-state index contributed by atoms with van der Waals surface area (Å²) >= 11 is 0. The molecule has 0 spiro atoms. The maximum Gasteiger partial charge on any atom is 0.408 e. The second-order valence-corrected chi connectivity index (χ2v) is 5.37. The van der Waals surface area contributed by atoms with Crippen LogP contribution in [-0.2, 0) is 14.3 Å². The molecule has 1 aliphatic carbocycles. The number of nitrogens with one attached hydrogen (secondary N) is 1. The summed E-state index contributed by atoms with van der Waals surface area (Å²) in [6.07, 6.45) is 1.54. The van der Waals surface area contributed by atoms with Crippen molar-refractivity contribution in [3.8, 4) is 0 Å². The summed E-state index contributed by atoms with van der Waals surface area (Å²) in [6, 6.07) is 0. The van der Waals surface area contributed by atoms with Crippen LogP contribution in [-0.4, -0.2) is 29.8 Å². The summed E-state index contributed by atoms with van der Waals surface area (Å²) in [5.41, 5.74) is -1.58. The third-order valence-electron chi connectivity index (χ3n) is 2.66. The molecule has 0 radical (unpaired) electrons. The van der Waals surface area contributed by atoms with Crippen LogP contribution in [0.4, 0.5) is 4.79 Å². The third-order valence-corrected chi connectivity index (χ3v) is 2.66. The van der Waals surface area contributed by atoms with Gasteiger partial charge in [0.05, 0.1) is 6.61 Å². The second-order valence-electron chi connectivity index (χ2n) is 5.37. The Morgan fingerprint density at radius 1 is 1.40 bits per heavy atom. The summed E-state index contributed by atoms with van der Waals surface area (Å²) in [4.78, 5) is 23.6. The summed E-state index contributed by atoms with van der Waals surface area (Å²) in [5.74, 6) is -0.523. The van der Waals surface area contributed by atoms with E-state index in [9.17, 15) is 9.59 Å². The van der Waals surface area contributed by atoms with Crippen LogP contribution in [0.3, 0.4) is 0 Å².